The van der Waals surface area contributed by atoms with Gasteiger partial charge in [-0.25, -0.2) is 0 Å². The maximum absolute atomic E-state index is 12.6. The lowest BCUT2D eigenvalue weighted by Gasteiger charge is -2.27. The van der Waals surface area contributed by atoms with Crippen LogP contribution in [0.4, 0.5) is 0 Å². The molecule has 1 unspecified atom stereocenters. The predicted octanol–water partition coefficient (Wildman–Crippen LogP) is 3.92. The molecule has 0 bridgehead atoms. The van der Waals surface area contributed by atoms with E-state index in [1.165, 1.54) is 0 Å². The number of ether oxygens (including phenoxy) is 2. The number of fused-ring (bicyclic) bond motifs is 2. The summed E-state index contributed by atoms with van der Waals surface area (Å²) in [6, 6.07) is 9.76. The zero-order chi connectivity index (χ0) is 19.7. The van der Waals surface area contributed by atoms with Gasteiger partial charge in [-0.05, 0) is 35.6 Å². The van der Waals surface area contributed by atoms with Crippen molar-refractivity contribution in [2.45, 2.75) is 39.8 Å². The highest BCUT2D eigenvalue weighted by atomic mass is 16.7. The van der Waals surface area contributed by atoms with E-state index in [0.29, 0.717) is 23.6 Å². The zero-order valence-electron chi connectivity index (χ0n) is 16.4. The first-order valence-corrected chi connectivity index (χ1v) is 9.48. The molecule has 6 nitrogen and oxygen atoms in total. The van der Waals surface area contributed by atoms with Crippen molar-refractivity contribution in [3.63, 3.8) is 0 Å². The summed E-state index contributed by atoms with van der Waals surface area (Å²) in [5.41, 5.74) is 2.60. The maximum Gasteiger partial charge on any atom is 0.252 e. The predicted molar refractivity (Wildman–Crippen MR) is 109 cm³/mol. The van der Waals surface area contributed by atoms with Gasteiger partial charge >= 0.3 is 0 Å². The summed E-state index contributed by atoms with van der Waals surface area (Å²) in [6.45, 7) is 7.32. The van der Waals surface area contributed by atoms with E-state index in [4.69, 9.17) is 9.47 Å². The van der Waals surface area contributed by atoms with Crippen molar-refractivity contribution in [1.29, 1.82) is 0 Å². The summed E-state index contributed by atoms with van der Waals surface area (Å²) in [6.07, 6.45) is 4.59. The Labute approximate surface area is 163 Å². The van der Waals surface area contributed by atoms with Gasteiger partial charge in [0, 0.05) is 42.0 Å². The van der Waals surface area contributed by atoms with Gasteiger partial charge in [0.2, 0.25) is 6.79 Å². The fourth-order valence-corrected chi connectivity index (χ4v) is 3.51. The number of hydrogen-bond donors (Lipinski definition) is 2. The first kappa shape index (κ1) is 18.5. The Morgan fingerprint density at radius 3 is 2.71 bits per heavy atom. The molecule has 4 rings (SSSR count). The Kier molecular flexibility index (Phi) is 4.81. The van der Waals surface area contributed by atoms with E-state index < -0.39 is 0 Å². The Balaban J connectivity index is 1.60. The largest absolute Gasteiger partial charge is 0.454 e. The van der Waals surface area contributed by atoms with Gasteiger partial charge in [-0.15, -0.1) is 0 Å². The highest BCUT2D eigenvalue weighted by Gasteiger charge is 2.21. The van der Waals surface area contributed by atoms with Crippen molar-refractivity contribution in [3.05, 3.63) is 64.2 Å². The number of pyridine rings is 2. The Hall–Kier alpha value is -2.86. The SMILES string of the molecule is CC(C)(C)CC(NCc1cc2cc3c(cc2[nH]c1=O)OCO3)c1cccnc1. The quantitative estimate of drug-likeness (QED) is 0.703. The number of H-pyrrole nitrogens is 1. The molecule has 0 radical (unpaired) electrons. The summed E-state index contributed by atoms with van der Waals surface area (Å²) in [7, 11) is 0. The number of nitrogens with zero attached hydrogens (tertiary/aromatic N) is 1. The summed E-state index contributed by atoms with van der Waals surface area (Å²) in [4.78, 5) is 19.8. The minimum absolute atomic E-state index is 0.0976. The first-order valence-electron chi connectivity index (χ1n) is 9.48. The molecule has 2 N–H and O–H groups in total. The number of benzene rings is 1. The maximum atomic E-state index is 12.6. The van der Waals surface area contributed by atoms with Crippen molar-refractivity contribution in [1.82, 2.24) is 15.3 Å². The molecule has 6 heteroatoms. The molecule has 1 atom stereocenters. The lowest BCUT2D eigenvalue weighted by atomic mass is 9.86. The van der Waals surface area contributed by atoms with Crippen LogP contribution in [0, 0.1) is 5.41 Å². The van der Waals surface area contributed by atoms with Crippen molar-refractivity contribution >= 4 is 10.9 Å². The third kappa shape index (κ3) is 4.02. The fraction of sp³-hybridized carbons (Fsp3) is 0.364. The third-order valence-corrected chi connectivity index (χ3v) is 4.86. The van der Waals surface area contributed by atoms with Gasteiger partial charge in [0.05, 0.1) is 5.52 Å². The molecule has 146 valence electrons. The van der Waals surface area contributed by atoms with E-state index in [2.05, 4.69) is 42.1 Å². The molecule has 3 aromatic rings. The van der Waals surface area contributed by atoms with Crippen LogP contribution in [0.5, 0.6) is 11.5 Å². The minimum Gasteiger partial charge on any atom is -0.454 e. The molecule has 2 aromatic heterocycles. The highest BCUT2D eigenvalue weighted by Crippen LogP contribution is 2.35. The van der Waals surface area contributed by atoms with Gasteiger partial charge in [-0.2, -0.15) is 0 Å². The van der Waals surface area contributed by atoms with Crippen molar-refractivity contribution in [2.75, 3.05) is 6.79 Å². The highest BCUT2D eigenvalue weighted by molar-refractivity contribution is 5.83. The Morgan fingerprint density at radius 1 is 1.21 bits per heavy atom. The molecule has 1 aliphatic rings. The van der Waals surface area contributed by atoms with Crippen LogP contribution in [0.3, 0.4) is 0 Å². The summed E-state index contributed by atoms with van der Waals surface area (Å²) < 4.78 is 10.8. The topological polar surface area (TPSA) is 76.2 Å². The van der Waals surface area contributed by atoms with Crippen LogP contribution in [0.25, 0.3) is 10.9 Å². The molecular formula is C22H25N3O3. The summed E-state index contributed by atoms with van der Waals surface area (Å²) in [5, 5.41) is 4.48. The van der Waals surface area contributed by atoms with Crippen molar-refractivity contribution in [2.24, 2.45) is 5.41 Å². The first-order chi connectivity index (χ1) is 13.4. The normalized spacial score (nSPS) is 14.4. The van der Waals surface area contributed by atoms with Crippen molar-refractivity contribution in [3.8, 4) is 11.5 Å². The van der Waals surface area contributed by atoms with Gasteiger partial charge < -0.3 is 19.8 Å². The van der Waals surface area contributed by atoms with E-state index in [1.807, 2.05) is 30.5 Å². The van der Waals surface area contributed by atoms with E-state index in [0.717, 1.165) is 22.9 Å². The molecule has 0 spiro atoms. The molecule has 0 saturated heterocycles. The van der Waals surface area contributed by atoms with Crippen LogP contribution >= 0.6 is 0 Å². The molecule has 1 aromatic carbocycles. The van der Waals surface area contributed by atoms with Crippen LogP contribution in [0.15, 0.2) is 47.5 Å². The lowest BCUT2D eigenvalue weighted by Crippen LogP contribution is -2.28. The van der Waals surface area contributed by atoms with Crippen molar-refractivity contribution < 1.29 is 9.47 Å². The second kappa shape index (κ2) is 7.28. The second-order valence-electron chi connectivity index (χ2n) is 8.40. The molecule has 1 aliphatic heterocycles. The van der Waals surface area contributed by atoms with Crippen LogP contribution in [-0.4, -0.2) is 16.8 Å². The number of aromatic amines is 1. The van der Waals surface area contributed by atoms with E-state index >= 15 is 0 Å². The molecular weight excluding hydrogens is 354 g/mol. The molecule has 0 saturated carbocycles. The summed E-state index contributed by atoms with van der Waals surface area (Å²) >= 11 is 0. The number of rotatable bonds is 5. The van der Waals surface area contributed by atoms with Gasteiger partial charge in [-0.3, -0.25) is 9.78 Å². The van der Waals surface area contributed by atoms with Crippen LogP contribution in [0.2, 0.25) is 0 Å². The zero-order valence-corrected chi connectivity index (χ0v) is 16.4. The van der Waals surface area contributed by atoms with E-state index in [9.17, 15) is 4.79 Å². The molecule has 0 amide bonds. The Bertz CT molecular complexity index is 1040. The van der Waals surface area contributed by atoms with Gasteiger partial charge in [0.15, 0.2) is 11.5 Å². The number of hydrogen-bond acceptors (Lipinski definition) is 5. The number of aromatic nitrogens is 2. The van der Waals surface area contributed by atoms with Gasteiger partial charge in [0.1, 0.15) is 0 Å². The third-order valence-electron chi connectivity index (χ3n) is 4.86. The smallest absolute Gasteiger partial charge is 0.252 e. The average Bonchev–Trinajstić information content (AvgIpc) is 3.10. The van der Waals surface area contributed by atoms with E-state index in [-0.39, 0.29) is 23.8 Å². The average molecular weight is 379 g/mol. The molecule has 28 heavy (non-hydrogen) atoms. The fourth-order valence-electron chi connectivity index (χ4n) is 3.51. The Morgan fingerprint density at radius 2 is 2.00 bits per heavy atom. The summed E-state index contributed by atoms with van der Waals surface area (Å²) in [5.74, 6) is 1.37. The number of nitrogens with one attached hydrogen (secondary N) is 2. The van der Waals surface area contributed by atoms with Gasteiger partial charge in [0.25, 0.3) is 5.56 Å². The standard InChI is InChI=1S/C22H25N3O3/c1-22(2,3)10-18(14-5-4-6-23-11-14)24-12-16-7-15-8-19-20(28-13-27-19)9-17(15)25-21(16)26/h4-9,11,18,24H,10,12-13H2,1-3H3,(H,25,26). The minimum atomic E-state index is -0.0976. The second-order valence-corrected chi connectivity index (χ2v) is 8.40. The monoisotopic (exact) mass is 379 g/mol. The van der Waals surface area contributed by atoms with Crippen LogP contribution in [0.1, 0.15) is 44.4 Å². The lowest BCUT2D eigenvalue weighted by molar-refractivity contribution is 0.174. The van der Waals surface area contributed by atoms with E-state index in [1.54, 1.807) is 6.20 Å². The molecule has 0 fully saturated rings. The van der Waals surface area contributed by atoms with Gasteiger partial charge in [-0.1, -0.05) is 26.8 Å². The molecule has 0 aliphatic carbocycles. The van der Waals surface area contributed by atoms with Crippen LogP contribution < -0.4 is 20.3 Å². The van der Waals surface area contributed by atoms with Crippen LogP contribution in [-0.2, 0) is 6.54 Å². The molecule has 3 heterocycles.